The number of benzene rings is 2. The quantitative estimate of drug-likeness (QED) is 0.426. The topological polar surface area (TPSA) is 97.0 Å². The van der Waals surface area contributed by atoms with Crippen LogP contribution in [0.4, 0.5) is 10.2 Å². The van der Waals surface area contributed by atoms with Gasteiger partial charge in [0.15, 0.2) is 11.5 Å². The number of anilines is 1. The summed E-state index contributed by atoms with van der Waals surface area (Å²) in [7, 11) is 3.09. The number of halogens is 2. The number of nitrogens with two attached hydrogens (primary N) is 1. The Hall–Kier alpha value is -3.57. The summed E-state index contributed by atoms with van der Waals surface area (Å²) >= 11 is 3.48. The van der Waals surface area contributed by atoms with Crippen molar-refractivity contribution in [1.82, 2.24) is 9.97 Å². The molecule has 3 N–H and O–H groups in total. The highest BCUT2D eigenvalue weighted by molar-refractivity contribution is 9.10. The summed E-state index contributed by atoms with van der Waals surface area (Å²) in [6, 6.07) is 12.0. The van der Waals surface area contributed by atoms with Crippen molar-refractivity contribution in [2.45, 2.75) is 0 Å². The highest BCUT2D eigenvalue weighted by Gasteiger charge is 2.19. The molecule has 0 spiro atoms. The van der Waals surface area contributed by atoms with Crippen LogP contribution in [0.5, 0.6) is 11.5 Å². The molecule has 8 heteroatoms. The van der Waals surface area contributed by atoms with Crippen molar-refractivity contribution in [3.8, 4) is 40.0 Å². The van der Waals surface area contributed by atoms with E-state index in [0.717, 1.165) is 10.9 Å². The molecule has 0 radical (unpaired) electrons. The van der Waals surface area contributed by atoms with E-state index < -0.39 is 0 Å². The first-order valence-corrected chi connectivity index (χ1v) is 9.65. The minimum absolute atomic E-state index is 0.104. The van der Waals surface area contributed by atoms with Crippen LogP contribution in [0.2, 0.25) is 0 Å². The number of nitrogens with one attached hydrogen (secondary N) is 1. The summed E-state index contributed by atoms with van der Waals surface area (Å²) in [5, 5.41) is 10.5. The van der Waals surface area contributed by atoms with Crippen molar-refractivity contribution in [3.63, 3.8) is 0 Å². The maximum atomic E-state index is 13.5. The zero-order valence-electron chi connectivity index (χ0n) is 16.1. The second-order valence-corrected chi connectivity index (χ2v) is 7.37. The number of nitrogen functional groups attached to an aromatic ring is 1. The van der Waals surface area contributed by atoms with E-state index in [9.17, 15) is 9.65 Å². The van der Waals surface area contributed by atoms with Crippen LogP contribution in [-0.4, -0.2) is 24.2 Å². The van der Waals surface area contributed by atoms with E-state index in [-0.39, 0.29) is 17.2 Å². The molecule has 0 saturated carbocycles. The van der Waals surface area contributed by atoms with Crippen molar-refractivity contribution >= 4 is 32.7 Å². The molecule has 2 aromatic carbocycles. The first kappa shape index (κ1) is 19.7. The molecule has 150 valence electrons. The number of hydrogen-bond donors (Lipinski definition) is 2. The molecule has 0 fully saturated rings. The van der Waals surface area contributed by atoms with Gasteiger partial charge in [0, 0.05) is 28.2 Å². The van der Waals surface area contributed by atoms with Gasteiger partial charge in [-0.05, 0) is 57.9 Å². The number of pyridine rings is 1. The van der Waals surface area contributed by atoms with Crippen LogP contribution in [0.15, 0.2) is 47.1 Å². The summed E-state index contributed by atoms with van der Waals surface area (Å²) < 4.78 is 25.0. The van der Waals surface area contributed by atoms with Crippen LogP contribution >= 0.6 is 15.9 Å². The predicted octanol–water partition coefficient (Wildman–Crippen LogP) is 5.27. The number of rotatable bonds is 4. The van der Waals surface area contributed by atoms with Crippen molar-refractivity contribution in [2.75, 3.05) is 20.0 Å². The zero-order chi connectivity index (χ0) is 21.4. The van der Waals surface area contributed by atoms with Crippen molar-refractivity contribution in [3.05, 3.63) is 58.4 Å². The number of nitrogens with zero attached hydrogens (tertiary/aromatic N) is 2. The number of H-pyrrole nitrogens is 1. The third-order valence-corrected chi connectivity index (χ3v) is 5.41. The lowest BCUT2D eigenvalue weighted by Gasteiger charge is -2.14. The van der Waals surface area contributed by atoms with Crippen LogP contribution in [0.25, 0.3) is 33.3 Å². The Morgan fingerprint density at radius 2 is 1.93 bits per heavy atom. The van der Waals surface area contributed by atoms with E-state index in [4.69, 9.17) is 15.2 Å². The number of fused-ring (bicyclic) bond motifs is 1. The Kier molecular flexibility index (Phi) is 5.06. The van der Waals surface area contributed by atoms with Gasteiger partial charge >= 0.3 is 0 Å². The summed E-state index contributed by atoms with van der Waals surface area (Å²) in [4.78, 5) is 7.47. The fourth-order valence-corrected chi connectivity index (χ4v) is 4.04. The van der Waals surface area contributed by atoms with E-state index in [1.165, 1.54) is 19.2 Å². The average Bonchev–Trinajstić information content (AvgIpc) is 3.15. The molecule has 0 aliphatic heterocycles. The largest absolute Gasteiger partial charge is 0.493 e. The monoisotopic (exact) mass is 466 g/mol. The summed E-state index contributed by atoms with van der Waals surface area (Å²) in [6.07, 6.45) is 1.74. The van der Waals surface area contributed by atoms with Crippen molar-refractivity contribution in [1.29, 1.82) is 5.26 Å². The van der Waals surface area contributed by atoms with Gasteiger partial charge in [-0.15, -0.1) is 0 Å². The summed E-state index contributed by atoms with van der Waals surface area (Å²) in [5.74, 6) is 0.817. The molecule has 2 heterocycles. The number of ether oxygens (including phenoxy) is 2. The second-order valence-electron chi connectivity index (χ2n) is 6.51. The number of methoxy groups -OCH3 is 2. The molecule has 0 unspecified atom stereocenters. The van der Waals surface area contributed by atoms with E-state index in [1.807, 2.05) is 6.07 Å². The molecule has 4 aromatic rings. The molecule has 30 heavy (non-hydrogen) atoms. The van der Waals surface area contributed by atoms with Gasteiger partial charge in [-0.1, -0.05) is 0 Å². The lowest BCUT2D eigenvalue weighted by Crippen LogP contribution is -2.00. The van der Waals surface area contributed by atoms with Gasteiger partial charge in [0.05, 0.1) is 24.4 Å². The lowest BCUT2D eigenvalue weighted by molar-refractivity contribution is 0.353. The van der Waals surface area contributed by atoms with Gasteiger partial charge in [-0.2, -0.15) is 5.26 Å². The molecule has 0 amide bonds. The Balaban J connectivity index is 1.96. The van der Waals surface area contributed by atoms with Crippen LogP contribution < -0.4 is 15.2 Å². The van der Waals surface area contributed by atoms with Crippen molar-refractivity contribution < 1.29 is 13.9 Å². The predicted molar refractivity (Wildman–Crippen MR) is 117 cm³/mol. The molecule has 2 aromatic heterocycles. The molecular formula is C22H16BrFN4O2. The maximum absolute atomic E-state index is 13.5. The number of nitriles is 1. The third-order valence-electron chi connectivity index (χ3n) is 4.82. The van der Waals surface area contributed by atoms with Gasteiger partial charge in [0.2, 0.25) is 0 Å². The molecule has 0 aliphatic rings. The van der Waals surface area contributed by atoms with E-state index >= 15 is 0 Å². The zero-order valence-corrected chi connectivity index (χ0v) is 17.7. The molecule has 0 atom stereocenters. The molecule has 6 nitrogen and oxygen atoms in total. The SMILES string of the molecule is COc1cc(-c2cc(-c3c[nH]c4cc(F)ccc34)nc(N)c2C#N)cc(Br)c1OC. The smallest absolute Gasteiger partial charge is 0.174 e. The van der Waals surface area contributed by atoms with Crippen LogP contribution in [0.1, 0.15) is 5.56 Å². The third kappa shape index (κ3) is 3.23. The van der Waals surface area contributed by atoms with Gasteiger partial charge in [-0.3, -0.25) is 0 Å². The average molecular weight is 467 g/mol. The van der Waals surface area contributed by atoms with Crippen LogP contribution in [0, 0.1) is 17.1 Å². The molecule has 4 rings (SSSR count). The number of aromatic amines is 1. The number of hydrogen-bond acceptors (Lipinski definition) is 5. The van der Waals surface area contributed by atoms with Crippen LogP contribution in [-0.2, 0) is 0 Å². The summed E-state index contributed by atoms with van der Waals surface area (Å²) in [5.41, 5.74) is 9.65. The Morgan fingerprint density at radius 1 is 1.13 bits per heavy atom. The van der Waals surface area contributed by atoms with Crippen LogP contribution in [0.3, 0.4) is 0 Å². The molecule has 0 saturated heterocycles. The molecule has 0 bridgehead atoms. The fraction of sp³-hybridized carbons (Fsp3) is 0.0909. The minimum atomic E-state index is -0.334. The first-order valence-electron chi connectivity index (χ1n) is 8.86. The highest BCUT2D eigenvalue weighted by atomic mass is 79.9. The van der Waals surface area contributed by atoms with Gasteiger partial charge in [0.25, 0.3) is 0 Å². The standard InChI is InChI=1S/C22H16BrFN4O2/c1-29-20-6-11(5-17(23)21(20)30-2)14-8-19(28-22(26)15(14)9-25)16-10-27-18-7-12(24)3-4-13(16)18/h3-8,10,27H,1-2H3,(H2,26,28). The maximum Gasteiger partial charge on any atom is 0.174 e. The lowest BCUT2D eigenvalue weighted by atomic mass is 9.98. The Labute approximate surface area is 180 Å². The molecular weight excluding hydrogens is 451 g/mol. The van der Waals surface area contributed by atoms with E-state index in [1.54, 1.807) is 31.5 Å². The first-order chi connectivity index (χ1) is 14.5. The minimum Gasteiger partial charge on any atom is -0.493 e. The van der Waals surface area contributed by atoms with Crippen molar-refractivity contribution in [2.24, 2.45) is 0 Å². The molecule has 0 aliphatic carbocycles. The Morgan fingerprint density at radius 3 is 2.63 bits per heavy atom. The summed E-state index contributed by atoms with van der Waals surface area (Å²) in [6.45, 7) is 0. The van der Waals surface area contributed by atoms with Gasteiger partial charge in [0.1, 0.15) is 23.3 Å². The Bertz CT molecular complexity index is 1330. The van der Waals surface area contributed by atoms with Gasteiger partial charge in [-0.25, -0.2) is 9.37 Å². The van der Waals surface area contributed by atoms with E-state index in [2.05, 4.69) is 32.0 Å². The van der Waals surface area contributed by atoms with E-state index in [0.29, 0.717) is 38.3 Å². The van der Waals surface area contributed by atoms with Gasteiger partial charge < -0.3 is 20.2 Å². The second kappa shape index (κ2) is 7.69. The number of aromatic nitrogens is 2. The highest BCUT2D eigenvalue weighted by Crippen LogP contribution is 2.42. The fourth-order valence-electron chi connectivity index (χ4n) is 3.43. The normalized spacial score (nSPS) is 10.8.